The first-order chi connectivity index (χ1) is 6.81. The van der Waals surface area contributed by atoms with Gasteiger partial charge in [0.25, 0.3) is 0 Å². The van der Waals surface area contributed by atoms with Crippen molar-refractivity contribution in [1.29, 1.82) is 0 Å². The predicted molar refractivity (Wildman–Crippen MR) is 60.2 cm³/mol. The lowest BCUT2D eigenvalue weighted by atomic mass is 10.1. The number of hydrogen-bond acceptors (Lipinski definition) is 4. The summed E-state index contributed by atoms with van der Waals surface area (Å²) in [5.74, 6) is 5.43. The van der Waals surface area contributed by atoms with E-state index in [0.717, 1.165) is 5.56 Å². The number of ether oxygens (including phenoxy) is 1. The van der Waals surface area contributed by atoms with E-state index in [1.165, 1.54) is 4.90 Å². The molecule has 0 aliphatic rings. The summed E-state index contributed by atoms with van der Waals surface area (Å²) in [7, 11) is 1.67. The molecule has 0 spiro atoms. The van der Waals surface area contributed by atoms with Crippen LogP contribution in [0.5, 0.6) is 0 Å². The highest BCUT2D eigenvalue weighted by Gasteiger charge is 2.08. The molecule has 1 rings (SSSR count). The molecule has 0 aliphatic carbocycles. The molecule has 4 heteroatoms. The molecular formula is C10H16N2OS. The molecule has 0 amide bonds. The number of rotatable bonds is 5. The number of benzene rings is 1. The first kappa shape index (κ1) is 11.5. The van der Waals surface area contributed by atoms with Gasteiger partial charge in [0, 0.05) is 12.0 Å². The Bertz CT molecular complexity index is 263. The van der Waals surface area contributed by atoms with Gasteiger partial charge in [-0.1, -0.05) is 12.1 Å². The lowest BCUT2D eigenvalue weighted by Crippen LogP contribution is -2.31. The summed E-state index contributed by atoms with van der Waals surface area (Å²) in [6, 6.07) is 8.36. The second-order valence-electron chi connectivity index (χ2n) is 2.95. The van der Waals surface area contributed by atoms with Crippen molar-refractivity contribution in [2.75, 3.05) is 20.0 Å². The zero-order chi connectivity index (χ0) is 10.4. The van der Waals surface area contributed by atoms with Crippen molar-refractivity contribution in [3.8, 4) is 0 Å². The van der Waals surface area contributed by atoms with Gasteiger partial charge >= 0.3 is 0 Å². The van der Waals surface area contributed by atoms with E-state index in [1.807, 2.05) is 0 Å². The zero-order valence-corrected chi connectivity index (χ0v) is 9.30. The number of hydrazine groups is 1. The van der Waals surface area contributed by atoms with Gasteiger partial charge in [-0.3, -0.25) is 11.3 Å². The van der Waals surface area contributed by atoms with Crippen molar-refractivity contribution >= 4 is 11.8 Å². The SMILES string of the molecule is COCC(NN)c1ccc(SC)cc1. The van der Waals surface area contributed by atoms with Gasteiger partial charge in [-0.05, 0) is 24.0 Å². The molecule has 0 radical (unpaired) electrons. The molecular weight excluding hydrogens is 196 g/mol. The largest absolute Gasteiger partial charge is 0.383 e. The number of methoxy groups -OCH3 is 1. The summed E-state index contributed by atoms with van der Waals surface area (Å²) in [4.78, 5) is 1.25. The van der Waals surface area contributed by atoms with Gasteiger partial charge in [-0.2, -0.15) is 0 Å². The molecule has 1 aromatic rings. The van der Waals surface area contributed by atoms with Gasteiger partial charge in [0.2, 0.25) is 0 Å². The normalized spacial score (nSPS) is 12.8. The molecule has 1 atom stereocenters. The first-order valence-electron chi connectivity index (χ1n) is 4.40. The summed E-state index contributed by atoms with van der Waals surface area (Å²) < 4.78 is 5.06. The summed E-state index contributed by atoms with van der Waals surface area (Å²) in [6.07, 6.45) is 2.06. The van der Waals surface area contributed by atoms with E-state index < -0.39 is 0 Å². The molecule has 1 unspecified atom stereocenters. The highest BCUT2D eigenvalue weighted by atomic mass is 32.2. The van der Waals surface area contributed by atoms with E-state index in [4.69, 9.17) is 10.6 Å². The fraction of sp³-hybridized carbons (Fsp3) is 0.400. The average molecular weight is 212 g/mol. The van der Waals surface area contributed by atoms with E-state index in [2.05, 4.69) is 35.9 Å². The standard InChI is InChI=1S/C10H16N2OS/c1-13-7-10(12-11)8-3-5-9(14-2)6-4-8/h3-6,10,12H,7,11H2,1-2H3. The zero-order valence-electron chi connectivity index (χ0n) is 8.49. The lowest BCUT2D eigenvalue weighted by Gasteiger charge is -2.15. The lowest BCUT2D eigenvalue weighted by molar-refractivity contribution is 0.167. The molecule has 0 saturated heterocycles. The van der Waals surface area contributed by atoms with E-state index in [1.54, 1.807) is 18.9 Å². The van der Waals surface area contributed by atoms with Crippen LogP contribution < -0.4 is 11.3 Å². The van der Waals surface area contributed by atoms with Crippen molar-refractivity contribution in [2.45, 2.75) is 10.9 Å². The van der Waals surface area contributed by atoms with Crippen LogP contribution in [0.1, 0.15) is 11.6 Å². The molecule has 78 valence electrons. The number of nitrogens with one attached hydrogen (secondary N) is 1. The minimum Gasteiger partial charge on any atom is -0.383 e. The third kappa shape index (κ3) is 2.99. The fourth-order valence-corrected chi connectivity index (χ4v) is 1.65. The van der Waals surface area contributed by atoms with Crippen LogP contribution in [0.25, 0.3) is 0 Å². The second-order valence-corrected chi connectivity index (χ2v) is 3.83. The number of nitrogens with two attached hydrogens (primary N) is 1. The molecule has 0 aromatic heterocycles. The molecule has 0 bridgehead atoms. The van der Waals surface area contributed by atoms with Crippen LogP contribution in [0.4, 0.5) is 0 Å². The molecule has 0 heterocycles. The molecule has 1 aromatic carbocycles. The minimum absolute atomic E-state index is 0.0657. The van der Waals surface area contributed by atoms with Crippen LogP contribution >= 0.6 is 11.8 Å². The van der Waals surface area contributed by atoms with E-state index in [0.29, 0.717) is 6.61 Å². The Morgan fingerprint density at radius 3 is 2.50 bits per heavy atom. The van der Waals surface area contributed by atoms with Crippen molar-refractivity contribution < 1.29 is 4.74 Å². The van der Waals surface area contributed by atoms with Crippen LogP contribution in [0.15, 0.2) is 29.2 Å². The van der Waals surface area contributed by atoms with Crippen molar-refractivity contribution in [3.05, 3.63) is 29.8 Å². The van der Waals surface area contributed by atoms with E-state index in [-0.39, 0.29) is 6.04 Å². The Hall–Kier alpha value is -0.550. The Morgan fingerprint density at radius 1 is 1.43 bits per heavy atom. The minimum atomic E-state index is 0.0657. The van der Waals surface area contributed by atoms with E-state index in [9.17, 15) is 0 Å². The van der Waals surface area contributed by atoms with Crippen molar-refractivity contribution in [2.24, 2.45) is 5.84 Å². The summed E-state index contributed by atoms with van der Waals surface area (Å²) in [6.45, 7) is 0.578. The maximum Gasteiger partial charge on any atom is 0.0693 e. The Labute approximate surface area is 89.0 Å². The topological polar surface area (TPSA) is 47.3 Å². The Balaban J connectivity index is 2.73. The average Bonchev–Trinajstić information content (AvgIpc) is 2.26. The fourth-order valence-electron chi connectivity index (χ4n) is 1.24. The van der Waals surface area contributed by atoms with Crippen molar-refractivity contribution in [3.63, 3.8) is 0 Å². The van der Waals surface area contributed by atoms with E-state index >= 15 is 0 Å². The first-order valence-corrected chi connectivity index (χ1v) is 5.63. The molecule has 0 saturated carbocycles. The van der Waals surface area contributed by atoms with Gasteiger partial charge < -0.3 is 4.74 Å². The molecule has 0 fully saturated rings. The van der Waals surface area contributed by atoms with Crippen LogP contribution in [0.3, 0.4) is 0 Å². The summed E-state index contributed by atoms with van der Waals surface area (Å²) in [5.41, 5.74) is 3.87. The van der Waals surface area contributed by atoms with Gasteiger partial charge in [0.05, 0.1) is 12.6 Å². The maximum atomic E-state index is 5.43. The highest BCUT2D eigenvalue weighted by molar-refractivity contribution is 7.98. The Morgan fingerprint density at radius 2 is 2.07 bits per heavy atom. The van der Waals surface area contributed by atoms with Gasteiger partial charge in [0.1, 0.15) is 0 Å². The summed E-state index contributed by atoms with van der Waals surface area (Å²) in [5, 5.41) is 0. The quantitative estimate of drug-likeness (QED) is 0.442. The molecule has 14 heavy (non-hydrogen) atoms. The van der Waals surface area contributed by atoms with Gasteiger partial charge in [0.15, 0.2) is 0 Å². The third-order valence-electron chi connectivity index (χ3n) is 2.05. The van der Waals surface area contributed by atoms with Crippen LogP contribution in [0.2, 0.25) is 0 Å². The summed E-state index contributed by atoms with van der Waals surface area (Å²) >= 11 is 1.73. The molecule has 0 aliphatic heterocycles. The highest BCUT2D eigenvalue weighted by Crippen LogP contribution is 2.18. The smallest absolute Gasteiger partial charge is 0.0693 e. The third-order valence-corrected chi connectivity index (χ3v) is 2.80. The van der Waals surface area contributed by atoms with Gasteiger partial charge in [-0.25, -0.2) is 0 Å². The second kappa shape index (κ2) is 6.03. The molecule has 3 N–H and O–H groups in total. The predicted octanol–water partition coefficient (Wildman–Crippen LogP) is 1.56. The van der Waals surface area contributed by atoms with Gasteiger partial charge in [-0.15, -0.1) is 11.8 Å². The van der Waals surface area contributed by atoms with Crippen LogP contribution in [-0.2, 0) is 4.74 Å². The molecule has 3 nitrogen and oxygen atoms in total. The van der Waals surface area contributed by atoms with Crippen LogP contribution in [-0.4, -0.2) is 20.0 Å². The maximum absolute atomic E-state index is 5.43. The number of hydrogen-bond donors (Lipinski definition) is 2. The van der Waals surface area contributed by atoms with Crippen LogP contribution in [0, 0.1) is 0 Å². The number of thioether (sulfide) groups is 1. The Kier molecular flexibility index (Phi) is 4.97. The van der Waals surface area contributed by atoms with Crippen molar-refractivity contribution in [1.82, 2.24) is 5.43 Å². The monoisotopic (exact) mass is 212 g/mol.